The van der Waals surface area contributed by atoms with E-state index in [9.17, 15) is 14.9 Å². The van der Waals surface area contributed by atoms with Crippen molar-refractivity contribution in [3.63, 3.8) is 0 Å². The number of fused-ring (bicyclic) bond motifs is 1. The highest BCUT2D eigenvalue weighted by molar-refractivity contribution is 8.06. The van der Waals surface area contributed by atoms with E-state index in [0.717, 1.165) is 11.5 Å². The van der Waals surface area contributed by atoms with Gasteiger partial charge in [-0.15, -0.1) is 0 Å². The molecule has 2 heterocycles. The second kappa shape index (κ2) is 6.15. The molecule has 0 radical (unpaired) electrons. The minimum absolute atomic E-state index is 0.0405. The maximum atomic E-state index is 11.4. The molecular formula is C13H15N3O3S2. The average Bonchev–Trinajstić information content (AvgIpc) is 2.84. The highest BCUT2D eigenvalue weighted by Crippen LogP contribution is 2.35. The molecule has 1 fully saturated rings. The van der Waals surface area contributed by atoms with Crippen molar-refractivity contribution in [1.82, 2.24) is 0 Å². The van der Waals surface area contributed by atoms with Gasteiger partial charge in [-0.2, -0.15) is 23.5 Å². The van der Waals surface area contributed by atoms with Gasteiger partial charge in [-0.3, -0.25) is 14.9 Å². The molecule has 0 aliphatic carbocycles. The summed E-state index contributed by atoms with van der Waals surface area (Å²) in [5, 5.41) is 17.6. The molecule has 8 heteroatoms. The van der Waals surface area contributed by atoms with E-state index >= 15 is 0 Å². The molecule has 0 bridgehead atoms. The molecule has 1 saturated heterocycles. The predicted octanol–water partition coefficient (Wildman–Crippen LogP) is 2.35. The molecule has 1 aromatic carbocycles. The molecule has 0 saturated carbocycles. The van der Waals surface area contributed by atoms with Crippen molar-refractivity contribution in [1.29, 1.82) is 0 Å². The first-order chi connectivity index (χ1) is 10.1. The molecule has 1 atom stereocenters. The molecule has 0 aromatic heterocycles. The Kier molecular flexibility index (Phi) is 4.25. The van der Waals surface area contributed by atoms with Gasteiger partial charge in [-0.25, -0.2) is 0 Å². The number of carbonyl (C=O) groups excluding carboxylic acids is 1. The van der Waals surface area contributed by atoms with Crippen LogP contribution in [0, 0.1) is 10.1 Å². The Bertz CT molecular complexity index is 588. The molecule has 2 aliphatic heterocycles. The maximum Gasteiger partial charge on any atom is 0.292 e. The SMILES string of the molecule is O=C1Cc2cc([N+](=O)[O-])c(NCC3CSCCS3)cc2N1. The van der Waals surface area contributed by atoms with Crippen molar-refractivity contribution in [2.75, 3.05) is 34.4 Å². The van der Waals surface area contributed by atoms with Crippen LogP contribution in [0.3, 0.4) is 0 Å². The summed E-state index contributed by atoms with van der Waals surface area (Å²) in [6, 6.07) is 3.18. The first-order valence-corrected chi connectivity index (χ1v) is 8.88. The minimum Gasteiger partial charge on any atom is -0.378 e. The summed E-state index contributed by atoms with van der Waals surface area (Å²) in [6.45, 7) is 0.700. The maximum absolute atomic E-state index is 11.4. The van der Waals surface area contributed by atoms with Gasteiger partial charge in [0.15, 0.2) is 0 Å². The number of thioether (sulfide) groups is 2. The van der Waals surface area contributed by atoms with Crippen LogP contribution in [0.2, 0.25) is 0 Å². The lowest BCUT2D eigenvalue weighted by Crippen LogP contribution is -2.23. The van der Waals surface area contributed by atoms with Crippen molar-refractivity contribution in [3.8, 4) is 0 Å². The zero-order valence-electron chi connectivity index (χ0n) is 11.3. The molecular weight excluding hydrogens is 310 g/mol. The van der Waals surface area contributed by atoms with E-state index in [-0.39, 0.29) is 18.0 Å². The van der Waals surface area contributed by atoms with Crippen LogP contribution in [-0.4, -0.2) is 39.9 Å². The van der Waals surface area contributed by atoms with Crippen LogP contribution in [0.5, 0.6) is 0 Å². The van der Waals surface area contributed by atoms with Crippen LogP contribution >= 0.6 is 23.5 Å². The zero-order chi connectivity index (χ0) is 14.8. The number of nitro benzene ring substituents is 1. The first-order valence-electron chi connectivity index (χ1n) is 6.68. The molecule has 2 N–H and O–H groups in total. The lowest BCUT2D eigenvalue weighted by molar-refractivity contribution is -0.384. The van der Waals surface area contributed by atoms with Gasteiger partial charge in [0, 0.05) is 40.8 Å². The molecule has 3 rings (SSSR count). The Morgan fingerprint density at radius 2 is 2.29 bits per heavy atom. The van der Waals surface area contributed by atoms with Gasteiger partial charge >= 0.3 is 0 Å². The van der Waals surface area contributed by atoms with E-state index in [0.29, 0.717) is 28.7 Å². The van der Waals surface area contributed by atoms with Gasteiger partial charge in [-0.1, -0.05) is 0 Å². The van der Waals surface area contributed by atoms with E-state index in [1.165, 1.54) is 11.8 Å². The number of nitrogens with zero attached hydrogens (tertiary/aromatic N) is 1. The molecule has 1 aromatic rings. The standard InChI is InChI=1S/C13H15N3O3S2/c17-13-4-8-3-12(16(18)19)11(5-10(8)15-13)14-6-9-7-20-1-2-21-9/h3,5,9,14H,1-2,4,6-7H2,(H,15,17). The highest BCUT2D eigenvalue weighted by Gasteiger charge is 2.25. The summed E-state index contributed by atoms with van der Waals surface area (Å²) >= 11 is 3.82. The third-order valence-electron chi connectivity index (χ3n) is 3.45. The predicted molar refractivity (Wildman–Crippen MR) is 87.5 cm³/mol. The van der Waals surface area contributed by atoms with Gasteiger partial charge in [0.1, 0.15) is 5.69 Å². The van der Waals surface area contributed by atoms with E-state index in [1.54, 1.807) is 6.07 Å². The molecule has 0 spiro atoms. The lowest BCUT2D eigenvalue weighted by atomic mass is 10.1. The summed E-state index contributed by atoms with van der Waals surface area (Å²) in [5.74, 6) is 3.24. The topological polar surface area (TPSA) is 84.3 Å². The Morgan fingerprint density at radius 3 is 3.00 bits per heavy atom. The zero-order valence-corrected chi connectivity index (χ0v) is 12.9. The third-order valence-corrected chi connectivity index (χ3v) is 6.29. The smallest absolute Gasteiger partial charge is 0.292 e. The number of anilines is 2. The monoisotopic (exact) mass is 325 g/mol. The van der Waals surface area contributed by atoms with Gasteiger partial charge < -0.3 is 10.6 Å². The highest BCUT2D eigenvalue weighted by atomic mass is 32.2. The molecule has 112 valence electrons. The lowest BCUT2D eigenvalue weighted by Gasteiger charge is -2.21. The van der Waals surface area contributed by atoms with Crippen LogP contribution in [-0.2, 0) is 11.2 Å². The summed E-state index contributed by atoms with van der Waals surface area (Å²) < 4.78 is 0. The Hall–Kier alpha value is -1.41. The number of amides is 1. The Balaban J connectivity index is 1.78. The van der Waals surface area contributed by atoms with Crippen molar-refractivity contribution in [3.05, 3.63) is 27.8 Å². The first kappa shape index (κ1) is 14.5. The summed E-state index contributed by atoms with van der Waals surface area (Å²) in [4.78, 5) is 22.2. The number of rotatable bonds is 4. The third kappa shape index (κ3) is 3.26. The van der Waals surface area contributed by atoms with Crippen molar-refractivity contribution >= 4 is 46.5 Å². The average molecular weight is 325 g/mol. The van der Waals surface area contributed by atoms with Crippen LogP contribution in [0.25, 0.3) is 0 Å². The molecule has 21 heavy (non-hydrogen) atoms. The largest absolute Gasteiger partial charge is 0.378 e. The van der Waals surface area contributed by atoms with Gasteiger partial charge in [0.05, 0.1) is 11.3 Å². The summed E-state index contributed by atoms with van der Waals surface area (Å²) in [7, 11) is 0. The number of benzene rings is 1. The fourth-order valence-electron chi connectivity index (χ4n) is 2.43. The van der Waals surface area contributed by atoms with E-state index in [1.807, 2.05) is 23.5 Å². The van der Waals surface area contributed by atoms with Crippen LogP contribution in [0.1, 0.15) is 5.56 Å². The number of nitrogens with one attached hydrogen (secondary N) is 2. The van der Waals surface area contributed by atoms with Crippen molar-refractivity contribution < 1.29 is 9.72 Å². The quantitative estimate of drug-likeness (QED) is 0.653. The number of nitro groups is 1. The second-order valence-electron chi connectivity index (χ2n) is 4.96. The molecule has 1 unspecified atom stereocenters. The number of hydrogen-bond donors (Lipinski definition) is 2. The fraction of sp³-hybridized carbons (Fsp3) is 0.462. The Labute approximate surface area is 130 Å². The van der Waals surface area contributed by atoms with E-state index in [2.05, 4.69) is 10.6 Å². The van der Waals surface area contributed by atoms with Gasteiger partial charge in [0.2, 0.25) is 5.91 Å². The van der Waals surface area contributed by atoms with Crippen molar-refractivity contribution in [2.24, 2.45) is 0 Å². The second-order valence-corrected chi connectivity index (χ2v) is 7.52. The van der Waals surface area contributed by atoms with Gasteiger partial charge in [0.25, 0.3) is 5.69 Å². The summed E-state index contributed by atoms with van der Waals surface area (Å²) in [5.41, 5.74) is 1.90. The van der Waals surface area contributed by atoms with E-state index < -0.39 is 4.92 Å². The van der Waals surface area contributed by atoms with Crippen LogP contribution < -0.4 is 10.6 Å². The van der Waals surface area contributed by atoms with E-state index in [4.69, 9.17) is 0 Å². The molecule has 2 aliphatic rings. The molecule has 6 nitrogen and oxygen atoms in total. The van der Waals surface area contributed by atoms with Crippen LogP contribution in [0.4, 0.5) is 17.1 Å². The Morgan fingerprint density at radius 1 is 1.43 bits per heavy atom. The normalized spacial score (nSPS) is 20.8. The van der Waals surface area contributed by atoms with Crippen molar-refractivity contribution in [2.45, 2.75) is 11.7 Å². The minimum atomic E-state index is -0.395. The molecule has 1 amide bonds. The fourth-order valence-corrected chi connectivity index (χ4v) is 5.04. The van der Waals surface area contributed by atoms with Gasteiger partial charge in [-0.05, 0) is 11.6 Å². The number of hydrogen-bond acceptors (Lipinski definition) is 6. The summed E-state index contributed by atoms with van der Waals surface area (Å²) in [6.07, 6.45) is 0.214. The van der Waals surface area contributed by atoms with Crippen LogP contribution in [0.15, 0.2) is 12.1 Å². The number of carbonyl (C=O) groups is 1.